The Morgan fingerprint density at radius 1 is 1.11 bits per heavy atom. The first-order chi connectivity index (χ1) is 17.1. The molecule has 8 heteroatoms. The second-order valence-corrected chi connectivity index (χ2v) is 10.7. The lowest BCUT2D eigenvalue weighted by Gasteiger charge is -2.35. The molecule has 1 fully saturated rings. The van der Waals surface area contributed by atoms with Crippen LogP contribution in [0.3, 0.4) is 0 Å². The van der Waals surface area contributed by atoms with E-state index < -0.39 is 11.9 Å². The van der Waals surface area contributed by atoms with Crippen LogP contribution in [0.25, 0.3) is 0 Å². The highest BCUT2D eigenvalue weighted by molar-refractivity contribution is 6.31. The summed E-state index contributed by atoms with van der Waals surface area (Å²) in [6.45, 7) is 6.67. The van der Waals surface area contributed by atoms with Crippen LogP contribution in [0, 0.1) is 11.3 Å². The van der Waals surface area contributed by atoms with E-state index in [-0.39, 0.29) is 28.6 Å². The number of halogens is 1. The molecule has 0 aliphatic heterocycles. The zero-order chi connectivity index (χ0) is 26.3. The van der Waals surface area contributed by atoms with Gasteiger partial charge in [0.05, 0.1) is 5.56 Å². The van der Waals surface area contributed by atoms with E-state index in [4.69, 9.17) is 22.1 Å². The fourth-order valence-electron chi connectivity index (χ4n) is 4.48. The van der Waals surface area contributed by atoms with Gasteiger partial charge in [0.2, 0.25) is 5.91 Å². The van der Waals surface area contributed by atoms with Crippen LogP contribution < -0.4 is 15.8 Å². The molecule has 0 heterocycles. The number of esters is 1. The SMILES string of the molecule is CC(=O)Oc1ccccc1C(=O)Nc1ccc(Cl)c(CN(CC(C)(C)CN)C(=O)C2CCCCC2)c1. The van der Waals surface area contributed by atoms with Crippen molar-refractivity contribution in [1.82, 2.24) is 4.90 Å². The van der Waals surface area contributed by atoms with Crippen LogP contribution in [0.5, 0.6) is 5.75 Å². The monoisotopic (exact) mass is 513 g/mol. The van der Waals surface area contributed by atoms with Crippen LogP contribution in [-0.2, 0) is 16.1 Å². The molecule has 2 aromatic carbocycles. The van der Waals surface area contributed by atoms with E-state index in [9.17, 15) is 14.4 Å². The second kappa shape index (κ2) is 12.4. The third-order valence-corrected chi connectivity index (χ3v) is 6.86. The molecule has 2 aromatic rings. The summed E-state index contributed by atoms with van der Waals surface area (Å²) in [6.07, 6.45) is 5.13. The molecule has 0 atom stereocenters. The van der Waals surface area contributed by atoms with E-state index in [1.165, 1.54) is 13.3 Å². The number of nitrogens with two attached hydrogens (primary N) is 1. The fourth-order valence-corrected chi connectivity index (χ4v) is 4.65. The van der Waals surface area contributed by atoms with Gasteiger partial charge in [-0.1, -0.05) is 56.8 Å². The van der Waals surface area contributed by atoms with Gasteiger partial charge in [0.15, 0.2) is 0 Å². The number of ether oxygens (including phenoxy) is 1. The number of nitrogens with one attached hydrogen (secondary N) is 1. The summed E-state index contributed by atoms with van der Waals surface area (Å²) in [5.74, 6) is -0.583. The molecule has 0 saturated heterocycles. The van der Waals surface area contributed by atoms with Crippen LogP contribution in [0.4, 0.5) is 5.69 Å². The van der Waals surface area contributed by atoms with E-state index in [1.54, 1.807) is 42.5 Å². The highest BCUT2D eigenvalue weighted by Crippen LogP contribution is 2.30. The lowest BCUT2D eigenvalue weighted by Crippen LogP contribution is -2.44. The number of rotatable bonds is 9. The summed E-state index contributed by atoms with van der Waals surface area (Å²) in [4.78, 5) is 39.8. The van der Waals surface area contributed by atoms with Crippen LogP contribution in [-0.4, -0.2) is 35.8 Å². The summed E-state index contributed by atoms with van der Waals surface area (Å²) in [5.41, 5.74) is 7.25. The molecule has 3 rings (SSSR count). The van der Waals surface area contributed by atoms with Gasteiger partial charge in [0.25, 0.3) is 5.91 Å². The van der Waals surface area contributed by atoms with Gasteiger partial charge in [-0.25, -0.2) is 0 Å². The van der Waals surface area contributed by atoms with Gasteiger partial charge in [0, 0.05) is 36.6 Å². The summed E-state index contributed by atoms with van der Waals surface area (Å²) < 4.78 is 5.17. The minimum absolute atomic E-state index is 0.0202. The molecular weight excluding hydrogens is 478 g/mol. The molecule has 194 valence electrons. The average molecular weight is 514 g/mol. The molecule has 0 aromatic heterocycles. The fraction of sp³-hybridized carbons (Fsp3) is 0.464. The summed E-state index contributed by atoms with van der Waals surface area (Å²) in [5, 5.41) is 3.37. The molecule has 0 radical (unpaired) electrons. The number of carbonyl (C=O) groups is 3. The van der Waals surface area contributed by atoms with Gasteiger partial charge < -0.3 is 20.7 Å². The molecule has 36 heavy (non-hydrogen) atoms. The Labute approximate surface area is 218 Å². The van der Waals surface area contributed by atoms with E-state index in [0.29, 0.717) is 30.3 Å². The molecule has 1 aliphatic carbocycles. The Morgan fingerprint density at radius 2 is 1.81 bits per heavy atom. The number of hydrogen-bond acceptors (Lipinski definition) is 5. The first-order valence-electron chi connectivity index (χ1n) is 12.5. The smallest absolute Gasteiger partial charge is 0.308 e. The van der Waals surface area contributed by atoms with Crippen molar-refractivity contribution in [2.75, 3.05) is 18.4 Å². The van der Waals surface area contributed by atoms with Gasteiger partial charge in [-0.2, -0.15) is 0 Å². The Morgan fingerprint density at radius 3 is 2.47 bits per heavy atom. The van der Waals surface area contributed by atoms with Crippen molar-refractivity contribution in [3.8, 4) is 5.75 Å². The normalized spacial score (nSPS) is 14.2. The molecule has 7 nitrogen and oxygen atoms in total. The van der Waals surface area contributed by atoms with Crippen molar-refractivity contribution in [3.05, 3.63) is 58.6 Å². The van der Waals surface area contributed by atoms with Crippen molar-refractivity contribution in [3.63, 3.8) is 0 Å². The van der Waals surface area contributed by atoms with Crippen molar-refractivity contribution >= 4 is 35.1 Å². The van der Waals surface area contributed by atoms with Crippen molar-refractivity contribution < 1.29 is 19.1 Å². The minimum Gasteiger partial charge on any atom is -0.426 e. The highest BCUT2D eigenvalue weighted by Gasteiger charge is 2.30. The van der Waals surface area contributed by atoms with Crippen molar-refractivity contribution in [2.24, 2.45) is 17.1 Å². The standard InChI is InChI=1S/C28H36ClN3O4/c1-19(33)36-25-12-8-7-11-23(25)26(34)31-22-13-14-24(29)21(15-22)16-32(18-28(2,3)17-30)27(35)20-9-5-4-6-10-20/h7-8,11-15,20H,4-6,9-10,16-18,30H2,1-3H3,(H,31,34). The zero-order valence-electron chi connectivity index (χ0n) is 21.3. The number of anilines is 1. The molecule has 2 amide bonds. The Bertz CT molecular complexity index is 1100. The maximum atomic E-state index is 13.5. The maximum Gasteiger partial charge on any atom is 0.308 e. The average Bonchev–Trinajstić information content (AvgIpc) is 2.85. The molecule has 1 aliphatic rings. The second-order valence-electron chi connectivity index (χ2n) is 10.2. The molecule has 0 spiro atoms. The lowest BCUT2D eigenvalue weighted by atomic mass is 9.86. The number of carbonyl (C=O) groups excluding carboxylic acids is 3. The third kappa shape index (κ3) is 7.55. The number of amides is 2. The maximum absolute atomic E-state index is 13.5. The third-order valence-electron chi connectivity index (χ3n) is 6.49. The van der Waals surface area contributed by atoms with Gasteiger partial charge in [-0.05, 0) is 60.7 Å². The lowest BCUT2D eigenvalue weighted by molar-refractivity contribution is -0.138. The van der Waals surface area contributed by atoms with Crippen LogP contribution in [0.1, 0.15) is 68.8 Å². The quantitative estimate of drug-likeness (QED) is 0.344. The number of hydrogen-bond donors (Lipinski definition) is 2. The van der Waals surface area contributed by atoms with Crippen molar-refractivity contribution in [2.45, 2.75) is 59.4 Å². The summed E-state index contributed by atoms with van der Waals surface area (Å²) in [7, 11) is 0. The number of nitrogens with zero attached hydrogens (tertiary/aromatic N) is 1. The highest BCUT2D eigenvalue weighted by atomic mass is 35.5. The van der Waals surface area contributed by atoms with Gasteiger partial charge in [-0.15, -0.1) is 0 Å². The van der Waals surface area contributed by atoms with E-state index >= 15 is 0 Å². The van der Waals surface area contributed by atoms with Gasteiger partial charge >= 0.3 is 5.97 Å². The van der Waals surface area contributed by atoms with Crippen molar-refractivity contribution in [1.29, 1.82) is 0 Å². The minimum atomic E-state index is -0.507. The Balaban J connectivity index is 1.82. The van der Waals surface area contributed by atoms with Crippen LogP contribution in [0.15, 0.2) is 42.5 Å². The van der Waals surface area contributed by atoms with Crippen LogP contribution in [0.2, 0.25) is 5.02 Å². The van der Waals surface area contributed by atoms with Gasteiger partial charge in [0.1, 0.15) is 5.75 Å². The van der Waals surface area contributed by atoms with E-state index in [0.717, 1.165) is 31.2 Å². The zero-order valence-corrected chi connectivity index (χ0v) is 22.1. The number of para-hydroxylation sites is 1. The molecule has 1 saturated carbocycles. The van der Waals surface area contributed by atoms with Gasteiger partial charge in [-0.3, -0.25) is 14.4 Å². The van der Waals surface area contributed by atoms with Crippen LogP contribution >= 0.6 is 11.6 Å². The topological polar surface area (TPSA) is 102 Å². The molecular formula is C28H36ClN3O4. The molecule has 0 unspecified atom stereocenters. The summed E-state index contributed by atoms with van der Waals surface area (Å²) in [6, 6.07) is 11.7. The predicted octanol–water partition coefficient (Wildman–Crippen LogP) is 5.41. The Kier molecular flexibility index (Phi) is 9.51. The Hall–Kier alpha value is -2.90. The first-order valence-corrected chi connectivity index (χ1v) is 12.8. The summed E-state index contributed by atoms with van der Waals surface area (Å²) >= 11 is 6.54. The molecule has 0 bridgehead atoms. The number of benzene rings is 2. The molecule has 3 N–H and O–H groups in total. The van der Waals surface area contributed by atoms with E-state index in [2.05, 4.69) is 5.32 Å². The largest absolute Gasteiger partial charge is 0.426 e. The van der Waals surface area contributed by atoms with E-state index in [1.807, 2.05) is 18.7 Å². The first kappa shape index (κ1) is 27.7. The predicted molar refractivity (Wildman–Crippen MR) is 142 cm³/mol.